The van der Waals surface area contributed by atoms with Crippen LogP contribution < -0.4 is 15.8 Å². The smallest absolute Gasteiger partial charge is 0.120 e. The van der Waals surface area contributed by atoms with Gasteiger partial charge in [-0.25, -0.2) is 0 Å². The maximum atomic E-state index is 6.10. The van der Waals surface area contributed by atoms with Crippen LogP contribution in [0, 0.1) is 0 Å². The average molecular weight is 220 g/mol. The third-order valence-electron chi connectivity index (χ3n) is 3.24. The number of rotatable bonds is 3. The number of nitrogens with one attached hydrogen (secondary N) is 1. The molecule has 3 heteroatoms. The zero-order valence-corrected chi connectivity index (χ0v) is 9.78. The molecule has 0 spiro atoms. The van der Waals surface area contributed by atoms with Gasteiger partial charge in [-0.1, -0.05) is 18.9 Å². The summed E-state index contributed by atoms with van der Waals surface area (Å²) < 4.78 is 5.20. The van der Waals surface area contributed by atoms with Crippen molar-refractivity contribution in [3.8, 4) is 5.75 Å². The van der Waals surface area contributed by atoms with Crippen LogP contribution in [-0.4, -0.2) is 19.2 Å². The lowest BCUT2D eigenvalue weighted by Crippen LogP contribution is -2.42. The molecule has 2 unspecified atom stereocenters. The summed E-state index contributed by atoms with van der Waals surface area (Å²) >= 11 is 0. The van der Waals surface area contributed by atoms with Crippen LogP contribution in [0.3, 0.4) is 0 Å². The Bertz CT molecular complexity index is 340. The Morgan fingerprint density at radius 2 is 2.12 bits per heavy atom. The molecule has 3 N–H and O–H groups in total. The fourth-order valence-corrected chi connectivity index (χ4v) is 2.27. The minimum Gasteiger partial charge on any atom is -0.497 e. The molecule has 0 bridgehead atoms. The molecule has 1 fully saturated rings. The van der Waals surface area contributed by atoms with Crippen LogP contribution in [0.5, 0.6) is 5.75 Å². The number of anilines is 1. The molecule has 0 heterocycles. The van der Waals surface area contributed by atoms with Gasteiger partial charge in [-0.3, -0.25) is 0 Å². The van der Waals surface area contributed by atoms with Crippen LogP contribution in [-0.2, 0) is 0 Å². The Morgan fingerprint density at radius 3 is 2.88 bits per heavy atom. The molecule has 3 nitrogen and oxygen atoms in total. The Morgan fingerprint density at radius 1 is 1.31 bits per heavy atom. The fourth-order valence-electron chi connectivity index (χ4n) is 2.27. The molecular formula is C13H20N2O. The second-order valence-electron chi connectivity index (χ2n) is 4.43. The van der Waals surface area contributed by atoms with Crippen LogP contribution in [0.25, 0.3) is 0 Å². The van der Waals surface area contributed by atoms with Gasteiger partial charge in [-0.15, -0.1) is 0 Å². The Kier molecular flexibility index (Phi) is 3.67. The third kappa shape index (κ3) is 2.67. The molecule has 0 radical (unpaired) electrons. The highest BCUT2D eigenvalue weighted by Gasteiger charge is 2.21. The number of nitrogens with two attached hydrogens (primary N) is 1. The van der Waals surface area contributed by atoms with Gasteiger partial charge < -0.3 is 15.8 Å². The van der Waals surface area contributed by atoms with Gasteiger partial charge in [0.25, 0.3) is 0 Å². The second kappa shape index (κ2) is 5.21. The highest BCUT2D eigenvalue weighted by molar-refractivity contribution is 5.49. The number of ether oxygens (including phenoxy) is 1. The van der Waals surface area contributed by atoms with Crippen LogP contribution in [0.4, 0.5) is 5.69 Å². The summed E-state index contributed by atoms with van der Waals surface area (Å²) in [4.78, 5) is 0. The Hall–Kier alpha value is -1.22. The molecule has 1 aliphatic carbocycles. The summed E-state index contributed by atoms with van der Waals surface area (Å²) in [5.41, 5.74) is 7.20. The number of benzene rings is 1. The summed E-state index contributed by atoms with van der Waals surface area (Å²) in [6, 6.07) is 8.70. The van der Waals surface area contributed by atoms with E-state index in [1.807, 2.05) is 18.2 Å². The topological polar surface area (TPSA) is 47.3 Å². The van der Waals surface area contributed by atoms with Gasteiger partial charge in [-0.2, -0.15) is 0 Å². The van der Waals surface area contributed by atoms with Gasteiger partial charge in [-0.05, 0) is 25.0 Å². The molecule has 1 saturated carbocycles. The number of hydrogen-bond donors (Lipinski definition) is 2. The number of hydrogen-bond acceptors (Lipinski definition) is 3. The van der Waals surface area contributed by atoms with Crippen molar-refractivity contribution in [3.63, 3.8) is 0 Å². The Labute approximate surface area is 97.0 Å². The van der Waals surface area contributed by atoms with Crippen LogP contribution in [0.2, 0.25) is 0 Å². The number of methoxy groups -OCH3 is 1. The normalized spacial score (nSPS) is 25.1. The van der Waals surface area contributed by atoms with Crippen LogP contribution in [0.15, 0.2) is 24.3 Å². The first kappa shape index (κ1) is 11.3. The molecule has 16 heavy (non-hydrogen) atoms. The van der Waals surface area contributed by atoms with Crippen molar-refractivity contribution in [2.24, 2.45) is 5.73 Å². The van der Waals surface area contributed by atoms with Crippen LogP contribution in [0.1, 0.15) is 25.7 Å². The first-order chi connectivity index (χ1) is 7.79. The monoisotopic (exact) mass is 220 g/mol. The van der Waals surface area contributed by atoms with Crippen molar-refractivity contribution in [2.75, 3.05) is 12.4 Å². The standard InChI is InChI=1S/C13H20N2O/c1-16-11-6-4-5-10(9-11)15-13-8-3-2-7-12(13)14/h4-6,9,12-13,15H,2-3,7-8,14H2,1H3. The van der Waals surface area contributed by atoms with E-state index >= 15 is 0 Å². The third-order valence-corrected chi connectivity index (χ3v) is 3.24. The lowest BCUT2D eigenvalue weighted by atomic mass is 9.91. The van der Waals surface area contributed by atoms with Crippen LogP contribution >= 0.6 is 0 Å². The quantitative estimate of drug-likeness (QED) is 0.822. The molecule has 0 aliphatic heterocycles. The van der Waals surface area contributed by atoms with Gasteiger partial charge in [0.2, 0.25) is 0 Å². The predicted molar refractivity (Wildman–Crippen MR) is 66.8 cm³/mol. The van der Waals surface area contributed by atoms with Crippen molar-refractivity contribution in [1.29, 1.82) is 0 Å². The summed E-state index contributed by atoms with van der Waals surface area (Å²) in [6.45, 7) is 0. The van der Waals surface area contributed by atoms with Crippen molar-refractivity contribution in [3.05, 3.63) is 24.3 Å². The van der Waals surface area contributed by atoms with Crippen molar-refractivity contribution < 1.29 is 4.74 Å². The molecule has 1 aliphatic rings. The van der Waals surface area contributed by atoms with E-state index in [1.54, 1.807) is 7.11 Å². The molecule has 0 amide bonds. The molecule has 88 valence electrons. The molecule has 0 aromatic heterocycles. The highest BCUT2D eigenvalue weighted by Crippen LogP contribution is 2.23. The van der Waals surface area contributed by atoms with E-state index < -0.39 is 0 Å². The van der Waals surface area contributed by atoms with Gasteiger partial charge in [0.15, 0.2) is 0 Å². The Balaban J connectivity index is 2.01. The van der Waals surface area contributed by atoms with E-state index in [1.165, 1.54) is 19.3 Å². The highest BCUT2D eigenvalue weighted by atomic mass is 16.5. The van der Waals surface area contributed by atoms with E-state index in [4.69, 9.17) is 10.5 Å². The molecule has 2 rings (SSSR count). The van der Waals surface area contributed by atoms with E-state index in [2.05, 4.69) is 11.4 Å². The zero-order valence-electron chi connectivity index (χ0n) is 9.78. The van der Waals surface area contributed by atoms with E-state index in [9.17, 15) is 0 Å². The summed E-state index contributed by atoms with van der Waals surface area (Å²) in [5.74, 6) is 0.884. The largest absolute Gasteiger partial charge is 0.497 e. The first-order valence-electron chi connectivity index (χ1n) is 5.96. The SMILES string of the molecule is COc1cccc(NC2CCCCC2N)c1. The maximum absolute atomic E-state index is 6.10. The maximum Gasteiger partial charge on any atom is 0.120 e. The summed E-state index contributed by atoms with van der Waals surface area (Å²) in [6.07, 6.45) is 4.83. The zero-order chi connectivity index (χ0) is 11.4. The molecule has 1 aromatic rings. The van der Waals surface area contributed by atoms with Crippen molar-refractivity contribution >= 4 is 5.69 Å². The average Bonchev–Trinajstić information content (AvgIpc) is 2.32. The van der Waals surface area contributed by atoms with E-state index in [0.29, 0.717) is 6.04 Å². The van der Waals surface area contributed by atoms with Gasteiger partial charge in [0, 0.05) is 23.8 Å². The fraction of sp³-hybridized carbons (Fsp3) is 0.538. The van der Waals surface area contributed by atoms with Gasteiger partial charge in [0.05, 0.1) is 7.11 Å². The summed E-state index contributed by atoms with van der Waals surface area (Å²) in [7, 11) is 1.69. The van der Waals surface area contributed by atoms with Crippen molar-refractivity contribution in [1.82, 2.24) is 0 Å². The summed E-state index contributed by atoms with van der Waals surface area (Å²) in [5, 5.41) is 3.50. The van der Waals surface area contributed by atoms with Gasteiger partial charge in [0.1, 0.15) is 5.75 Å². The minimum absolute atomic E-state index is 0.278. The molecule has 2 atom stereocenters. The lowest BCUT2D eigenvalue weighted by Gasteiger charge is -2.30. The second-order valence-corrected chi connectivity index (χ2v) is 4.43. The lowest BCUT2D eigenvalue weighted by molar-refractivity contribution is 0.402. The predicted octanol–water partition coefficient (Wildman–Crippen LogP) is 2.38. The molecule has 0 saturated heterocycles. The minimum atomic E-state index is 0.278. The van der Waals surface area contributed by atoms with Crippen molar-refractivity contribution in [2.45, 2.75) is 37.8 Å². The van der Waals surface area contributed by atoms with E-state index in [-0.39, 0.29) is 6.04 Å². The van der Waals surface area contributed by atoms with Gasteiger partial charge >= 0.3 is 0 Å². The first-order valence-corrected chi connectivity index (χ1v) is 5.96. The van der Waals surface area contributed by atoms with E-state index in [0.717, 1.165) is 17.9 Å². The molecular weight excluding hydrogens is 200 g/mol. The molecule has 1 aromatic carbocycles.